The Hall–Kier alpha value is -2.76. The average molecular weight is 291 g/mol. The SMILES string of the molecule is COc1ccc(NC(=O)c2ccc(F)cc2O)c(OC)c1. The molecule has 0 aromatic heterocycles. The molecule has 0 atom stereocenters. The van der Waals surface area contributed by atoms with Crippen LogP contribution >= 0.6 is 0 Å². The van der Waals surface area contributed by atoms with Crippen molar-refractivity contribution in [2.45, 2.75) is 0 Å². The number of phenols is 1. The summed E-state index contributed by atoms with van der Waals surface area (Å²) in [5.74, 6) is -0.638. The average Bonchev–Trinajstić information content (AvgIpc) is 2.47. The largest absolute Gasteiger partial charge is 0.507 e. The van der Waals surface area contributed by atoms with E-state index >= 15 is 0 Å². The number of carbonyl (C=O) groups excluding carboxylic acids is 1. The van der Waals surface area contributed by atoms with E-state index < -0.39 is 17.5 Å². The summed E-state index contributed by atoms with van der Waals surface area (Å²) >= 11 is 0. The maximum Gasteiger partial charge on any atom is 0.259 e. The van der Waals surface area contributed by atoms with Crippen LogP contribution in [0.5, 0.6) is 17.2 Å². The third-order valence-corrected chi connectivity index (χ3v) is 2.86. The molecular formula is C15H14FNO4. The Balaban J connectivity index is 2.27. The van der Waals surface area contributed by atoms with Crippen LogP contribution < -0.4 is 14.8 Å². The topological polar surface area (TPSA) is 67.8 Å². The second kappa shape index (κ2) is 6.13. The standard InChI is InChI=1S/C15H14FNO4/c1-20-10-4-6-12(14(8-10)21-2)17-15(19)11-5-3-9(16)7-13(11)18/h3-8,18H,1-2H3,(H,17,19). The number of aromatic hydroxyl groups is 1. The summed E-state index contributed by atoms with van der Waals surface area (Å²) in [5, 5.41) is 12.2. The Labute approximate surface area is 120 Å². The minimum atomic E-state index is -0.619. The first-order valence-corrected chi connectivity index (χ1v) is 6.07. The highest BCUT2D eigenvalue weighted by molar-refractivity contribution is 6.06. The fourth-order valence-electron chi connectivity index (χ4n) is 1.79. The number of halogens is 1. The summed E-state index contributed by atoms with van der Waals surface area (Å²) in [6, 6.07) is 8.05. The third kappa shape index (κ3) is 3.22. The first-order valence-electron chi connectivity index (χ1n) is 6.07. The van der Waals surface area contributed by atoms with Gasteiger partial charge >= 0.3 is 0 Å². The molecule has 110 valence electrons. The van der Waals surface area contributed by atoms with Crippen LogP contribution in [0.3, 0.4) is 0 Å². The smallest absolute Gasteiger partial charge is 0.259 e. The Bertz CT molecular complexity index is 673. The summed E-state index contributed by atoms with van der Waals surface area (Å²) in [6.45, 7) is 0. The molecule has 0 unspecified atom stereocenters. The number of amides is 1. The highest BCUT2D eigenvalue weighted by Crippen LogP contribution is 2.30. The van der Waals surface area contributed by atoms with Crippen LogP contribution in [-0.4, -0.2) is 25.2 Å². The van der Waals surface area contributed by atoms with Crippen molar-refractivity contribution in [3.63, 3.8) is 0 Å². The lowest BCUT2D eigenvalue weighted by atomic mass is 10.1. The Morgan fingerprint density at radius 2 is 1.90 bits per heavy atom. The molecule has 0 spiro atoms. The Kier molecular flexibility index (Phi) is 4.27. The number of nitrogens with one attached hydrogen (secondary N) is 1. The van der Waals surface area contributed by atoms with Gasteiger partial charge in [-0.25, -0.2) is 4.39 Å². The Morgan fingerprint density at radius 1 is 1.14 bits per heavy atom. The van der Waals surface area contributed by atoms with Crippen LogP contribution in [0.2, 0.25) is 0 Å². The quantitative estimate of drug-likeness (QED) is 0.909. The van der Waals surface area contributed by atoms with E-state index in [1.165, 1.54) is 20.3 Å². The molecule has 0 radical (unpaired) electrons. The summed E-state index contributed by atoms with van der Waals surface area (Å²) in [4.78, 5) is 12.1. The molecule has 5 nitrogen and oxygen atoms in total. The van der Waals surface area contributed by atoms with E-state index in [9.17, 15) is 14.3 Å². The fraction of sp³-hybridized carbons (Fsp3) is 0.133. The molecule has 6 heteroatoms. The number of hydrogen-bond acceptors (Lipinski definition) is 4. The summed E-state index contributed by atoms with van der Waals surface area (Å²) in [5.41, 5.74) is 0.376. The predicted octanol–water partition coefficient (Wildman–Crippen LogP) is 2.80. The van der Waals surface area contributed by atoms with Crippen molar-refractivity contribution >= 4 is 11.6 Å². The molecule has 0 aliphatic rings. The highest BCUT2D eigenvalue weighted by Gasteiger charge is 2.14. The van der Waals surface area contributed by atoms with E-state index in [1.807, 2.05) is 0 Å². The van der Waals surface area contributed by atoms with Crippen LogP contribution in [0.15, 0.2) is 36.4 Å². The second-order valence-electron chi connectivity index (χ2n) is 4.18. The van der Waals surface area contributed by atoms with Gasteiger partial charge in [-0.1, -0.05) is 0 Å². The number of anilines is 1. The lowest BCUT2D eigenvalue weighted by Gasteiger charge is -2.12. The number of benzene rings is 2. The molecule has 2 rings (SSSR count). The van der Waals surface area contributed by atoms with Crippen LogP contribution in [0.25, 0.3) is 0 Å². The number of hydrogen-bond donors (Lipinski definition) is 2. The molecule has 2 aromatic rings. The molecule has 21 heavy (non-hydrogen) atoms. The van der Waals surface area contributed by atoms with Gasteiger partial charge in [0.2, 0.25) is 0 Å². The van der Waals surface area contributed by atoms with Gasteiger partial charge in [0.15, 0.2) is 0 Å². The van der Waals surface area contributed by atoms with Crippen LogP contribution in [0.1, 0.15) is 10.4 Å². The number of rotatable bonds is 4. The van der Waals surface area contributed by atoms with Crippen molar-refractivity contribution in [2.24, 2.45) is 0 Å². The Morgan fingerprint density at radius 3 is 2.52 bits per heavy atom. The van der Waals surface area contributed by atoms with Gasteiger partial charge in [-0.3, -0.25) is 4.79 Å². The van der Waals surface area contributed by atoms with Crippen molar-refractivity contribution in [1.82, 2.24) is 0 Å². The molecular weight excluding hydrogens is 277 g/mol. The molecule has 0 bridgehead atoms. The van der Waals surface area contributed by atoms with Gasteiger partial charge in [-0.15, -0.1) is 0 Å². The summed E-state index contributed by atoms with van der Waals surface area (Å²) in [7, 11) is 2.98. The van der Waals surface area contributed by atoms with Gasteiger partial charge in [0.25, 0.3) is 5.91 Å². The van der Waals surface area contributed by atoms with E-state index in [2.05, 4.69) is 5.32 Å². The molecule has 1 amide bonds. The number of carbonyl (C=O) groups is 1. The van der Waals surface area contributed by atoms with Crippen molar-refractivity contribution in [2.75, 3.05) is 19.5 Å². The zero-order chi connectivity index (χ0) is 15.4. The van der Waals surface area contributed by atoms with Gasteiger partial charge in [0, 0.05) is 12.1 Å². The lowest BCUT2D eigenvalue weighted by molar-refractivity contribution is 0.102. The van der Waals surface area contributed by atoms with Crippen molar-refractivity contribution in [3.8, 4) is 17.2 Å². The predicted molar refractivity (Wildman–Crippen MR) is 75.6 cm³/mol. The summed E-state index contributed by atoms with van der Waals surface area (Å²) in [6.07, 6.45) is 0. The van der Waals surface area contributed by atoms with E-state index in [4.69, 9.17) is 9.47 Å². The van der Waals surface area contributed by atoms with Crippen LogP contribution in [0.4, 0.5) is 10.1 Å². The molecule has 0 fully saturated rings. The molecule has 0 saturated heterocycles. The molecule has 2 N–H and O–H groups in total. The second-order valence-corrected chi connectivity index (χ2v) is 4.18. The van der Waals surface area contributed by atoms with Crippen molar-refractivity contribution in [3.05, 3.63) is 47.8 Å². The minimum absolute atomic E-state index is 0.0331. The van der Waals surface area contributed by atoms with E-state index in [0.717, 1.165) is 12.1 Å². The molecule has 0 saturated carbocycles. The first kappa shape index (κ1) is 14.6. The molecule has 0 aliphatic heterocycles. The van der Waals surface area contributed by atoms with E-state index in [-0.39, 0.29) is 5.56 Å². The third-order valence-electron chi connectivity index (χ3n) is 2.86. The van der Waals surface area contributed by atoms with Gasteiger partial charge in [-0.2, -0.15) is 0 Å². The number of ether oxygens (including phenoxy) is 2. The summed E-state index contributed by atoms with van der Waals surface area (Å²) < 4.78 is 23.1. The van der Waals surface area contributed by atoms with Crippen molar-refractivity contribution < 1.29 is 23.8 Å². The zero-order valence-electron chi connectivity index (χ0n) is 11.5. The fourth-order valence-corrected chi connectivity index (χ4v) is 1.79. The number of methoxy groups -OCH3 is 2. The molecule has 0 heterocycles. The van der Waals surface area contributed by atoms with Crippen LogP contribution in [-0.2, 0) is 0 Å². The van der Waals surface area contributed by atoms with Gasteiger partial charge in [-0.05, 0) is 24.3 Å². The van der Waals surface area contributed by atoms with Crippen LogP contribution in [0, 0.1) is 5.82 Å². The minimum Gasteiger partial charge on any atom is -0.507 e. The monoisotopic (exact) mass is 291 g/mol. The van der Waals surface area contributed by atoms with E-state index in [1.54, 1.807) is 18.2 Å². The zero-order valence-corrected chi connectivity index (χ0v) is 11.5. The maximum absolute atomic E-state index is 12.9. The normalized spacial score (nSPS) is 10.0. The lowest BCUT2D eigenvalue weighted by Crippen LogP contribution is -2.13. The van der Waals surface area contributed by atoms with Gasteiger partial charge < -0.3 is 19.9 Å². The van der Waals surface area contributed by atoms with E-state index in [0.29, 0.717) is 17.2 Å². The molecule has 0 aliphatic carbocycles. The van der Waals surface area contributed by atoms with Gasteiger partial charge in [0.1, 0.15) is 23.1 Å². The van der Waals surface area contributed by atoms with Crippen molar-refractivity contribution in [1.29, 1.82) is 0 Å². The van der Waals surface area contributed by atoms with Gasteiger partial charge in [0.05, 0.1) is 25.5 Å². The highest BCUT2D eigenvalue weighted by atomic mass is 19.1. The number of phenolic OH excluding ortho intramolecular Hbond substituents is 1. The first-order chi connectivity index (χ1) is 10.0. The maximum atomic E-state index is 12.9. The molecule has 2 aromatic carbocycles.